The average Bonchev–Trinajstić information content (AvgIpc) is 3.28. The van der Waals surface area contributed by atoms with Crippen LogP contribution >= 0.6 is 0 Å². The maximum atomic E-state index is 13.4. The number of carbonyl (C=O) groups is 2. The van der Waals surface area contributed by atoms with Crippen molar-refractivity contribution >= 4 is 11.8 Å². The van der Waals surface area contributed by atoms with E-state index in [0.29, 0.717) is 13.0 Å². The summed E-state index contributed by atoms with van der Waals surface area (Å²) in [4.78, 5) is 28.2. The van der Waals surface area contributed by atoms with Crippen molar-refractivity contribution in [2.45, 2.75) is 78.4 Å². The molecule has 32 heavy (non-hydrogen) atoms. The van der Waals surface area contributed by atoms with Gasteiger partial charge in [0.05, 0.1) is 0 Å². The molecule has 172 valence electrons. The number of benzene rings is 2. The highest BCUT2D eigenvalue weighted by atomic mass is 16.5. The van der Waals surface area contributed by atoms with Gasteiger partial charge in [-0.25, -0.2) is 0 Å². The number of rotatable bonds is 9. The van der Waals surface area contributed by atoms with Crippen LogP contribution < -0.4 is 10.1 Å². The molecule has 5 nitrogen and oxygen atoms in total. The number of hydrogen-bond acceptors (Lipinski definition) is 3. The molecule has 0 heterocycles. The molecule has 1 saturated carbocycles. The minimum atomic E-state index is -0.521. The Bertz CT molecular complexity index is 920. The summed E-state index contributed by atoms with van der Waals surface area (Å²) < 4.78 is 5.96. The average molecular weight is 437 g/mol. The number of carbonyl (C=O) groups excluding carboxylic acids is 2. The van der Waals surface area contributed by atoms with Crippen molar-refractivity contribution in [3.05, 3.63) is 64.7 Å². The molecule has 0 spiro atoms. The van der Waals surface area contributed by atoms with Crippen LogP contribution in [0, 0.1) is 20.8 Å². The number of hydrogen-bond donors (Lipinski definition) is 1. The second kappa shape index (κ2) is 11.2. The minimum absolute atomic E-state index is 0.0636. The first kappa shape index (κ1) is 23.8. The van der Waals surface area contributed by atoms with Gasteiger partial charge in [-0.05, 0) is 68.4 Å². The van der Waals surface area contributed by atoms with E-state index >= 15 is 0 Å². The lowest BCUT2D eigenvalue weighted by Gasteiger charge is -2.31. The van der Waals surface area contributed by atoms with Gasteiger partial charge in [0.2, 0.25) is 5.91 Å². The molecule has 1 fully saturated rings. The van der Waals surface area contributed by atoms with Gasteiger partial charge in [-0.3, -0.25) is 9.59 Å². The molecule has 2 amide bonds. The molecule has 2 aromatic rings. The summed E-state index contributed by atoms with van der Waals surface area (Å²) in [6.45, 7) is 8.30. The molecule has 0 unspecified atom stereocenters. The molecule has 1 aliphatic carbocycles. The largest absolute Gasteiger partial charge is 0.483 e. The molecule has 0 aliphatic heterocycles. The highest BCUT2D eigenvalue weighted by Crippen LogP contribution is 2.24. The smallest absolute Gasteiger partial charge is 0.261 e. The summed E-state index contributed by atoms with van der Waals surface area (Å²) in [5.74, 6) is 0.478. The maximum absolute atomic E-state index is 13.4. The van der Waals surface area contributed by atoms with E-state index in [1.165, 1.54) is 0 Å². The van der Waals surface area contributed by atoms with E-state index in [2.05, 4.69) is 11.4 Å². The van der Waals surface area contributed by atoms with Gasteiger partial charge in [-0.1, -0.05) is 56.2 Å². The van der Waals surface area contributed by atoms with Gasteiger partial charge in [-0.15, -0.1) is 0 Å². The van der Waals surface area contributed by atoms with Crippen LogP contribution in [0.4, 0.5) is 0 Å². The molecule has 1 N–H and O–H groups in total. The van der Waals surface area contributed by atoms with Crippen LogP contribution in [0.2, 0.25) is 0 Å². The van der Waals surface area contributed by atoms with Crippen molar-refractivity contribution in [2.75, 3.05) is 6.61 Å². The fraction of sp³-hybridized carbons (Fsp3) is 0.481. The van der Waals surface area contributed by atoms with Gasteiger partial charge in [-0.2, -0.15) is 0 Å². The quantitative estimate of drug-likeness (QED) is 0.611. The number of ether oxygens (including phenoxy) is 1. The molecular weight excluding hydrogens is 400 g/mol. The first-order valence-corrected chi connectivity index (χ1v) is 11.7. The van der Waals surface area contributed by atoms with Crippen LogP contribution in [-0.2, 0) is 16.1 Å². The van der Waals surface area contributed by atoms with Gasteiger partial charge in [0.25, 0.3) is 5.91 Å². The van der Waals surface area contributed by atoms with Gasteiger partial charge >= 0.3 is 0 Å². The minimum Gasteiger partial charge on any atom is -0.483 e. The zero-order chi connectivity index (χ0) is 23.1. The Morgan fingerprint density at radius 3 is 2.44 bits per heavy atom. The van der Waals surface area contributed by atoms with Crippen LogP contribution in [0.15, 0.2) is 42.5 Å². The lowest BCUT2D eigenvalue weighted by molar-refractivity contribution is -0.143. The summed E-state index contributed by atoms with van der Waals surface area (Å²) >= 11 is 0. The second-order valence-corrected chi connectivity index (χ2v) is 8.91. The van der Waals surface area contributed by atoms with Gasteiger partial charge < -0.3 is 15.0 Å². The van der Waals surface area contributed by atoms with E-state index in [4.69, 9.17) is 4.74 Å². The van der Waals surface area contributed by atoms with Crippen LogP contribution in [0.1, 0.15) is 61.3 Å². The van der Waals surface area contributed by atoms with E-state index in [1.54, 1.807) is 4.90 Å². The number of nitrogens with zero attached hydrogens (tertiary/aromatic N) is 1. The van der Waals surface area contributed by atoms with Crippen molar-refractivity contribution < 1.29 is 14.3 Å². The molecule has 0 saturated heterocycles. The molecule has 3 rings (SSSR count). The molecule has 1 aliphatic rings. The Morgan fingerprint density at radius 1 is 1.09 bits per heavy atom. The Labute approximate surface area is 192 Å². The highest BCUT2D eigenvalue weighted by molar-refractivity contribution is 5.88. The van der Waals surface area contributed by atoms with E-state index in [9.17, 15) is 9.59 Å². The van der Waals surface area contributed by atoms with Crippen molar-refractivity contribution in [2.24, 2.45) is 0 Å². The molecule has 0 radical (unpaired) electrons. The predicted molar refractivity (Wildman–Crippen MR) is 128 cm³/mol. The third kappa shape index (κ3) is 6.12. The SMILES string of the molecule is CC[C@H](C(=O)NC1CCCC1)N(Cc1ccccc1)C(=O)COc1cc(C)cc(C)c1C. The van der Waals surface area contributed by atoms with E-state index in [-0.39, 0.29) is 24.5 Å². The molecule has 2 aromatic carbocycles. The Balaban J connectivity index is 1.77. The zero-order valence-corrected chi connectivity index (χ0v) is 19.8. The zero-order valence-electron chi connectivity index (χ0n) is 19.8. The highest BCUT2D eigenvalue weighted by Gasteiger charge is 2.30. The second-order valence-electron chi connectivity index (χ2n) is 8.91. The van der Waals surface area contributed by atoms with Crippen molar-refractivity contribution in [3.63, 3.8) is 0 Å². The third-order valence-electron chi connectivity index (χ3n) is 6.40. The molecule has 0 aromatic heterocycles. The monoisotopic (exact) mass is 436 g/mol. The van der Waals surface area contributed by atoms with E-state index < -0.39 is 6.04 Å². The third-order valence-corrected chi connectivity index (χ3v) is 6.40. The lowest BCUT2D eigenvalue weighted by Crippen LogP contribution is -2.52. The topological polar surface area (TPSA) is 58.6 Å². The van der Waals surface area contributed by atoms with E-state index in [0.717, 1.165) is 53.7 Å². The molecule has 5 heteroatoms. The summed E-state index contributed by atoms with van der Waals surface area (Å²) in [7, 11) is 0. The summed E-state index contributed by atoms with van der Waals surface area (Å²) in [5, 5.41) is 3.18. The fourth-order valence-corrected chi connectivity index (χ4v) is 4.44. The fourth-order valence-electron chi connectivity index (χ4n) is 4.44. The predicted octanol–water partition coefficient (Wildman–Crippen LogP) is 4.86. The van der Waals surface area contributed by atoms with Crippen LogP contribution in [0.3, 0.4) is 0 Å². The number of nitrogens with one attached hydrogen (secondary N) is 1. The first-order chi connectivity index (χ1) is 15.4. The van der Waals surface area contributed by atoms with Crippen molar-refractivity contribution in [1.82, 2.24) is 10.2 Å². The maximum Gasteiger partial charge on any atom is 0.261 e. The first-order valence-electron chi connectivity index (χ1n) is 11.7. The lowest BCUT2D eigenvalue weighted by atomic mass is 10.1. The molecule has 1 atom stereocenters. The molecular formula is C27H36N2O3. The van der Waals surface area contributed by atoms with Crippen molar-refractivity contribution in [3.8, 4) is 5.75 Å². The number of amides is 2. The van der Waals surface area contributed by atoms with Gasteiger partial charge in [0, 0.05) is 12.6 Å². The normalized spacial score (nSPS) is 14.8. The van der Waals surface area contributed by atoms with Gasteiger partial charge in [0.1, 0.15) is 11.8 Å². The van der Waals surface area contributed by atoms with Gasteiger partial charge in [0.15, 0.2) is 6.61 Å². The molecule has 0 bridgehead atoms. The Kier molecular flexibility index (Phi) is 8.32. The van der Waals surface area contributed by atoms with E-state index in [1.807, 2.05) is 64.1 Å². The summed E-state index contributed by atoms with van der Waals surface area (Å²) in [6.07, 6.45) is 4.89. The Hall–Kier alpha value is -2.82. The summed E-state index contributed by atoms with van der Waals surface area (Å²) in [5.41, 5.74) is 4.26. The van der Waals surface area contributed by atoms with Crippen molar-refractivity contribution in [1.29, 1.82) is 0 Å². The van der Waals surface area contributed by atoms with Crippen LogP contribution in [-0.4, -0.2) is 35.4 Å². The summed E-state index contributed by atoms with van der Waals surface area (Å²) in [6, 6.07) is 13.6. The number of aryl methyl sites for hydroxylation is 2. The standard InChI is InChI=1S/C27H36N2O3/c1-5-24(27(31)28-23-13-9-10-14-23)29(17-22-11-7-6-8-12-22)26(30)18-32-25-16-19(2)15-20(3)21(25)4/h6-8,11-12,15-16,23-24H,5,9-10,13-14,17-18H2,1-4H3,(H,28,31)/t24-/m1/s1. The Morgan fingerprint density at radius 2 is 1.78 bits per heavy atom. The van der Waals surface area contributed by atoms with Crippen LogP contribution in [0.25, 0.3) is 0 Å². The van der Waals surface area contributed by atoms with Crippen LogP contribution in [0.5, 0.6) is 5.75 Å².